The monoisotopic (exact) mass is 452 g/mol. The first-order valence-corrected chi connectivity index (χ1v) is 10.9. The zero-order valence-corrected chi connectivity index (χ0v) is 18.1. The van der Waals surface area contributed by atoms with Crippen molar-refractivity contribution in [2.24, 2.45) is 5.92 Å². The van der Waals surface area contributed by atoms with E-state index in [4.69, 9.17) is 16.3 Å². The third-order valence-corrected chi connectivity index (χ3v) is 6.95. The van der Waals surface area contributed by atoms with E-state index in [-0.39, 0.29) is 37.0 Å². The Balaban J connectivity index is 1.66. The van der Waals surface area contributed by atoms with Crippen molar-refractivity contribution >= 4 is 40.9 Å². The van der Waals surface area contributed by atoms with Crippen LogP contribution in [0.3, 0.4) is 0 Å². The summed E-state index contributed by atoms with van der Waals surface area (Å²) in [7, 11) is 0. The lowest BCUT2D eigenvalue weighted by atomic mass is 9.80. The molecule has 3 fully saturated rings. The Bertz CT molecular complexity index is 1140. The third kappa shape index (κ3) is 2.88. The van der Waals surface area contributed by atoms with E-state index in [1.54, 1.807) is 29.2 Å². The normalized spacial score (nSPS) is 28.7. The molecule has 3 aliphatic heterocycles. The van der Waals surface area contributed by atoms with Crippen LogP contribution in [-0.2, 0) is 30.5 Å². The molecule has 0 radical (unpaired) electrons. The summed E-state index contributed by atoms with van der Waals surface area (Å²) in [6.07, 6.45) is -0.139. The standard InChI is InChI=1S/C24H21ClN2O5/c1-14(28)11-19-24-16(12-20(29)32-24)22(30)27(18-10-6-5-9-17(18)25)21(24)23(31)26(19)13-15-7-3-2-4-8-15/h2-10,16,19,21H,11-13H2,1H3. The molecule has 0 N–H and O–H groups in total. The summed E-state index contributed by atoms with van der Waals surface area (Å²) >= 11 is 6.40. The van der Waals surface area contributed by atoms with E-state index >= 15 is 0 Å². The zero-order chi connectivity index (χ0) is 22.6. The van der Waals surface area contributed by atoms with Crippen molar-refractivity contribution < 1.29 is 23.9 Å². The van der Waals surface area contributed by atoms with Crippen LogP contribution in [-0.4, -0.2) is 46.2 Å². The molecule has 8 heteroatoms. The van der Waals surface area contributed by atoms with Crippen molar-refractivity contribution in [2.75, 3.05) is 4.90 Å². The quantitative estimate of drug-likeness (QED) is 0.651. The summed E-state index contributed by atoms with van der Waals surface area (Å²) in [4.78, 5) is 55.0. The number of para-hydroxylation sites is 1. The number of halogens is 1. The van der Waals surface area contributed by atoms with Gasteiger partial charge in [-0.1, -0.05) is 54.1 Å². The summed E-state index contributed by atoms with van der Waals surface area (Å²) in [5, 5.41) is 0.319. The number of carbonyl (C=O) groups is 4. The molecule has 164 valence electrons. The Kier molecular flexibility index (Phi) is 4.82. The second kappa shape index (κ2) is 7.45. The number of likely N-dealkylation sites (tertiary alicyclic amines) is 1. The van der Waals surface area contributed by atoms with Crippen LogP contribution in [0.2, 0.25) is 5.02 Å². The molecule has 4 atom stereocenters. The Labute approximate surface area is 189 Å². The predicted octanol–water partition coefficient (Wildman–Crippen LogP) is 2.75. The van der Waals surface area contributed by atoms with E-state index in [1.165, 1.54) is 11.8 Å². The van der Waals surface area contributed by atoms with Gasteiger partial charge in [-0.25, -0.2) is 0 Å². The molecule has 5 rings (SSSR count). The highest BCUT2D eigenvalue weighted by Gasteiger charge is 2.77. The number of esters is 1. The fourth-order valence-electron chi connectivity index (χ4n) is 5.41. The molecule has 3 heterocycles. The fraction of sp³-hybridized carbons (Fsp3) is 0.333. The van der Waals surface area contributed by atoms with E-state index in [1.807, 2.05) is 30.3 Å². The number of ketones is 1. The average molecular weight is 453 g/mol. The van der Waals surface area contributed by atoms with Crippen molar-refractivity contribution in [1.29, 1.82) is 0 Å². The molecule has 2 amide bonds. The Hall–Kier alpha value is -3.19. The maximum absolute atomic E-state index is 13.9. The van der Waals surface area contributed by atoms with Crippen molar-refractivity contribution in [3.63, 3.8) is 0 Å². The molecular weight excluding hydrogens is 432 g/mol. The van der Waals surface area contributed by atoms with Crippen LogP contribution in [0.15, 0.2) is 54.6 Å². The van der Waals surface area contributed by atoms with Gasteiger partial charge in [0, 0.05) is 13.0 Å². The first-order chi connectivity index (χ1) is 15.3. The number of ether oxygens (including phenoxy) is 1. The van der Waals surface area contributed by atoms with Gasteiger partial charge in [0.25, 0.3) is 5.91 Å². The summed E-state index contributed by atoms with van der Waals surface area (Å²) in [5.41, 5.74) is -0.155. The highest BCUT2D eigenvalue weighted by Crippen LogP contribution is 2.55. The second-order valence-corrected chi connectivity index (χ2v) is 8.93. The number of carbonyl (C=O) groups excluding carboxylic acids is 4. The number of Topliss-reactive ketones (excluding diaryl/α,β-unsaturated/α-hetero) is 1. The zero-order valence-electron chi connectivity index (χ0n) is 17.4. The Morgan fingerprint density at radius 3 is 2.44 bits per heavy atom. The van der Waals surface area contributed by atoms with Gasteiger partial charge in [0.15, 0.2) is 11.6 Å². The van der Waals surface area contributed by atoms with Gasteiger partial charge in [0.1, 0.15) is 5.78 Å². The minimum atomic E-state index is -1.43. The number of hydrogen-bond acceptors (Lipinski definition) is 5. The van der Waals surface area contributed by atoms with Crippen LogP contribution in [0.1, 0.15) is 25.3 Å². The fourth-order valence-corrected chi connectivity index (χ4v) is 5.64. The second-order valence-electron chi connectivity index (χ2n) is 8.52. The topological polar surface area (TPSA) is 84.0 Å². The SMILES string of the molecule is CC(=O)CC1N(Cc2ccccc2)C(=O)C2N(c3ccccc3Cl)C(=O)C3CC(=O)OC312. The van der Waals surface area contributed by atoms with Gasteiger partial charge in [-0.3, -0.25) is 24.1 Å². The number of rotatable bonds is 5. The van der Waals surface area contributed by atoms with Crippen LogP contribution in [0.25, 0.3) is 0 Å². The van der Waals surface area contributed by atoms with Crippen LogP contribution >= 0.6 is 11.6 Å². The van der Waals surface area contributed by atoms with Crippen LogP contribution < -0.4 is 4.90 Å². The smallest absolute Gasteiger partial charge is 0.307 e. The van der Waals surface area contributed by atoms with Gasteiger partial charge in [-0.15, -0.1) is 0 Å². The van der Waals surface area contributed by atoms with Crippen LogP contribution in [0, 0.1) is 5.92 Å². The summed E-state index contributed by atoms with van der Waals surface area (Å²) in [6.45, 7) is 1.67. The van der Waals surface area contributed by atoms with E-state index in [0.29, 0.717) is 10.7 Å². The van der Waals surface area contributed by atoms with Gasteiger partial charge in [-0.2, -0.15) is 0 Å². The molecule has 3 aliphatic rings. The van der Waals surface area contributed by atoms with Crippen LogP contribution in [0.5, 0.6) is 0 Å². The van der Waals surface area contributed by atoms with E-state index in [0.717, 1.165) is 5.56 Å². The first kappa shape index (κ1) is 20.7. The van der Waals surface area contributed by atoms with E-state index < -0.39 is 29.6 Å². The number of anilines is 1. The number of hydrogen-bond donors (Lipinski definition) is 0. The number of amides is 2. The lowest BCUT2D eigenvalue weighted by Gasteiger charge is -2.34. The van der Waals surface area contributed by atoms with Gasteiger partial charge >= 0.3 is 5.97 Å². The minimum absolute atomic E-state index is 0.0114. The molecule has 0 bridgehead atoms. The largest absolute Gasteiger partial charge is 0.453 e. The highest BCUT2D eigenvalue weighted by atomic mass is 35.5. The summed E-state index contributed by atoms with van der Waals surface area (Å²) in [5.74, 6) is -2.28. The molecule has 3 saturated heterocycles. The molecule has 32 heavy (non-hydrogen) atoms. The predicted molar refractivity (Wildman–Crippen MR) is 116 cm³/mol. The molecule has 4 unspecified atom stereocenters. The molecule has 7 nitrogen and oxygen atoms in total. The first-order valence-electron chi connectivity index (χ1n) is 10.5. The van der Waals surface area contributed by atoms with Crippen molar-refractivity contribution in [3.8, 4) is 0 Å². The van der Waals surface area contributed by atoms with Gasteiger partial charge in [-0.05, 0) is 24.6 Å². The molecule has 0 aliphatic carbocycles. The lowest BCUT2D eigenvalue weighted by molar-refractivity contribution is -0.152. The molecule has 0 aromatic heterocycles. The van der Waals surface area contributed by atoms with E-state index in [9.17, 15) is 19.2 Å². The molecular formula is C24H21ClN2O5. The molecule has 2 aromatic carbocycles. The third-order valence-electron chi connectivity index (χ3n) is 6.63. The lowest BCUT2D eigenvalue weighted by Crippen LogP contribution is -2.52. The Morgan fingerprint density at radius 2 is 1.75 bits per heavy atom. The maximum Gasteiger partial charge on any atom is 0.307 e. The van der Waals surface area contributed by atoms with Gasteiger partial charge < -0.3 is 9.64 Å². The van der Waals surface area contributed by atoms with Gasteiger partial charge in [0.05, 0.1) is 29.1 Å². The molecule has 2 aromatic rings. The van der Waals surface area contributed by atoms with Gasteiger partial charge in [0.2, 0.25) is 5.91 Å². The average Bonchev–Trinajstić information content (AvgIpc) is 3.29. The molecule has 1 spiro atoms. The Morgan fingerprint density at radius 1 is 1.06 bits per heavy atom. The highest BCUT2D eigenvalue weighted by molar-refractivity contribution is 6.34. The van der Waals surface area contributed by atoms with Crippen molar-refractivity contribution in [2.45, 2.75) is 44.0 Å². The number of benzene rings is 2. The summed E-state index contributed by atoms with van der Waals surface area (Å²) < 4.78 is 5.85. The van der Waals surface area contributed by atoms with Crippen molar-refractivity contribution in [1.82, 2.24) is 4.90 Å². The van der Waals surface area contributed by atoms with Crippen LogP contribution in [0.4, 0.5) is 5.69 Å². The molecule has 0 saturated carbocycles. The number of nitrogens with zero attached hydrogens (tertiary/aromatic N) is 2. The van der Waals surface area contributed by atoms with E-state index in [2.05, 4.69) is 0 Å². The maximum atomic E-state index is 13.9. The summed E-state index contributed by atoms with van der Waals surface area (Å²) in [6, 6.07) is 14.4. The minimum Gasteiger partial charge on any atom is -0.453 e. The van der Waals surface area contributed by atoms with Crippen molar-refractivity contribution in [3.05, 3.63) is 65.2 Å².